The lowest BCUT2D eigenvalue weighted by molar-refractivity contribution is -0.122. The molecule has 0 heterocycles. The van der Waals surface area contributed by atoms with Gasteiger partial charge in [-0.25, -0.2) is 5.43 Å². The van der Waals surface area contributed by atoms with Gasteiger partial charge in [0.2, 0.25) is 5.91 Å². The van der Waals surface area contributed by atoms with E-state index in [1.807, 2.05) is 0 Å². The van der Waals surface area contributed by atoms with Gasteiger partial charge in [0, 0.05) is 5.92 Å². The SMILES string of the molecule is COc1cc(C=NNC(=O)C2CC2)cc(Br)c1O. The first-order valence-electron chi connectivity index (χ1n) is 5.51. The molecule has 0 saturated heterocycles. The smallest absolute Gasteiger partial charge is 0.243 e. The Labute approximate surface area is 113 Å². The Morgan fingerprint density at radius 3 is 2.94 bits per heavy atom. The van der Waals surface area contributed by atoms with E-state index >= 15 is 0 Å². The first-order chi connectivity index (χ1) is 8.61. The molecule has 2 rings (SSSR count). The third-order valence-corrected chi connectivity index (χ3v) is 3.21. The van der Waals surface area contributed by atoms with Gasteiger partial charge >= 0.3 is 0 Å². The molecule has 0 bridgehead atoms. The van der Waals surface area contributed by atoms with E-state index in [0.717, 1.165) is 12.8 Å². The highest BCUT2D eigenvalue weighted by molar-refractivity contribution is 9.10. The fourth-order valence-electron chi connectivity index (χ4n) is 1.43. The van der Waals surface area contributed by atoms with Crippen LogP contribution in [0.3, 0.4) is 0 Å². The molecule has 1 aliphatic rings. The second kappa shape index (κ2) is 5.39. The van der Waals surface area contributed by atoms with E-state index in [-0.39, 0.29) is 17.6 Å². The molecule has 5 nitrogen and oxygen atoms in total. The molecule has 1 amide bonds. The van der Waals surface area contributed by atoms with Crippen LogP contribution >= 0.6 is 15.9 Å². The van der Waals surface area contributed by atoms with Gasteiger partial charge in [0.05, 0.1) is 17.8 Å². The number of ether oxygens (including phenoxy) is 1. The lowest BCUT2D eigenvalue weighted by Crippen LogP contribution is -2.18. The summed E-state index contributed by atoms with van der Waals surface area (Å²) in [5, 5.41) is 13.5. The minimum absolute atomic E-state index is 0.0386. The molecule has 0 unspecified atom stereocenters. The van der Waals surface area contributed by atoms with E-state index in [1.165, 1.54) is 13.3 Å². The van der Waals surface area contributed by atoms with Crippen LogP contribution in [-0.4, -0.2) is 24.3 Å². The van der Waals surface area contributed by atoms with Crippen LogP contribution in [0.15, 0.2) is 21.7 Å². The van der Waals surface area contributed by atoms with Crippen molar-refractivity contribution in [1.82, 2.24) is 5.43 Å². The predicted octanol–water partition coefficient (Wildman–Crippen LogP) is 2.02. The fourth-order valence-corrected chi connectivity index (χ4v) is 1.89. The van der Waals surface area contributed by atoms with Gasteiger partial charge in [-0.05, 0) is 46.5 Å². The van der Waals surface area contributed by atoms with Crippen molar-refractivity contribution in [2.24, 2.45) is 11.0 Å². The van der Waals surface area contributed by atoms with E-state index < -0.39 is 0 Å². The summed E-state index contributed by atoms with van der Waals surface area (Å²) in [7, 11) is 1.47. The summed E-state index contributed by atoms with van der Waals surface area (Å²) >= 11 is 3.21. The van der Waals surface area contributed by atoms with E-state index in [2.05, 4.69) is 26.5 Å². The topological polar surface area (TPSA) is 70.9 Å². The molecule has 1 aliphatic carbocycles. The maximum atomic E-state index is 11.3. The van der Waals surface area contributed by atoms with Crippen LogP contribution in [0.4, 0.5) is 0 Å². The highest BCUT2D eigenvalue weighted by Gasteiger charge is 2.29. The van der Waals surface area contributed by atoms with Gasteiger partial charge in [0.25, 0.3) is 0 Å². The lowest BCUT2D eigenvalue weighted by Gasteiger charge is -2.06. The molecular weight excluding hydrogens is 300 g/mol. The molecule has 1 fully saturated rings. The number of nitrogens with one attached hydrogen (secondary N) is 1. The second-order valence-electron chi connectivity index (χ2n) is 4.06. The Morgan fingerprint density at radius 1 is 1.61 bits per heavy atom. The summed E-state index contributed by atoms with van der Waals surface area (Å²) in [5.41, 5.74) is 3.19. The number of nitrogens with zero attached hydrogens (tertiary/aromatic N) is 1. The van der Waals surface area contributed by atoms with Crippen molar-refractivity contribution >= 4 is 28.1 Å². The normalized spacial score (nSPS) is 14.8. The molecule has 1 saturated carbocycles. The number of benzene rings is 1. The standard InChI is InChI=1S/C12H13BrN2O3/c1-18-10-5-7(4-9(13)11(10)16)6-14-15-12(17)8-2-3-8/h4-6,8,16H,2-3H2,1H3,(H,15,17). The Morgan fingerprint density at radius 2 is 2.33 bits per heavy atom. The highest BCUT2D eigenvalue weighted by Crippen LogP contribution is 2.34. The number of amides is 1. The summed E-state index contributed by atoms with van der Waals surface area (Å²) in [6.07, 6.45) is 3.40. The van der Waals surface area contributed by atoms with Gasteiger partial charge in [-0.2, -0.15) is 5.10 Å². The minimum atomic E-state index is -0.0453. The van der Waals surface area contributed by atoms with Gasteiger partial charge < -0.3 is 9.84 Å². The van der Waals surface area contributed by atoms with Crippen molar-refractivity contribution in [2.75, 3.05) is 7.11 Å². The van der Waals surface area contributed by atoms with Crippen molar-refractivity contribution in [3.63, 3.8) is 0 Å². The molecule has 0 spiro atoms. The number of phenols is 1. The summed E-state index contributed by atoms with van der Waals surface area (Å²) in [6.45, 7) is 0. The van der Waals surface area contributed by atoms with Crippen LogP contribution in [0.5, 0.6) is 11.5 Å². The summed E-state index contributed by atoms with van der Waals surface area (Å²) < 4.78 is 5.52. The number of hydrazone groups is 1. The molecule has 96 valence electrons. The van der Waals surface area contributed by atoms with E-state index in [4.69, 9.17) is 4.74 Å². The van der Waals surface area contributed by atoms with Crippen molar-refractivity contribution in [3.05, 3.63) is 22.2 Å². The van der Waals surface area contributed by atoms with Crippen molar-refractivity contribution in [3.8, 4) is 11.5 Å². The average molecular weight is 313 g/mol. The quantitative estimate of drug-likeness (QED) is 0.660. The number of halogens is 1. The first-order valence-corrected chi connectivity index (χ1v) is 6.30. The molecular formula is C12H13BrN2O3. The number of phenolic OH excluding ortho intramolecular Hbond substituents is 1. The average Bonchev–Trinajstić information content (AvgIpc) is 3.17. The van der Waals surface area contributed by atoms with Crippen molar-refractivity contribution in [2.45, 2.75) is 12.8 Å². The van der Waals surface area contributed by atoms with Crippen LogP contribution in [0, 0.1) is 5.92 Å². The Balaban J connectivity index is 2.06. The zero-order valence-electron chi connectivity index (χ0n) is 9.81. The minimum Gasteiger partial charge on any atom is -0.503 e. The molecule has 2 N–H and O–H groups in total. The van der Waals surface area contributed by atoms with Gasteiger partial charge in [0.1, 0.15) is 0 Å². The molecule has 0 aliphatic heterocycles. The monoisotopic (exact) mass is 312 g/mol. The van der Waals surface area contributed by atoms with Crippen LogP contribution in [0.2, 0.25) is 0 Å². The van der Waals surface area contributed by atoms with E-state index in [0.29, 0.717) is 15.8 Å². The van der Waals surface area contributed by atoms with Gasteiger partial charge in [-0.15, -0.1) is 0 Å². The van der Waals surface area contributed by atoms with Crippen LogP contribution in [0.1, 0.15) is 18.4 Å². The first kappa shape index (κ1) is 12.9. The zero-order chi connectivity index (χ0) is 13.1. The number of carbonyl (C=O) groups excluding carboxylic acids is 1. The molecule has 0 atom stereocenters. The molecule has 18 heavy (non-hydrogen) atoms. The molecule has 1 aromatic rings. The highest BCUT2D eigenvalue weighted by atomic mass is 79.9. The number of methoxy groups -OCH3 is 1. The fraction of sp³-hybridized carbons (Fsp3) is 0.333. The van der Waals surface area contributed by atoms with Crippen LogP contribution in [-0.2, 0) is 4.79 Å². The Bertz CT molecular complexity index is 498. The molecule has 0 aromatic heterocycles. The van der Waals surface area contributed by atoms with E-state index in [1.54, 1.807) is 12.1 Å². The van der Waals surface area contributed by atoms with E-state index in [9.17, 15) is 9.90 Å². The molecule has 1 aromatic carbocycles. The maximum Gasteiger partial charge on any atom is 0.243 e. The number of carbonyl (C=O) groups is 1. The molecule has 6 heteroatoms. The third-order valence-electron chi connectivity index (χ3n) is 2.61. The van der Waals surface area contributed by atoms with Crippen molar-refractivity contribution < 1.29 is 14.6 Å². The largest absolute Gasteiger partial charge is 0.503 e. The second-order valence-corrected chi connectivity index (χ2v) is 4.92. The van der Waals surface area contributed by atoms with Gasteiger partial charge in [-0.1, -0.05) is 0 Å². The summed E-state index contributed by atoms with van der Waals surface area (Å²) in [4.78, 5) is 11.3. The molecule has 0 radical (unpaired) electrons. The van der Waals surface area contributed by atoms with Crippen LogP contribution in [0.25, 0.3) is 0 Å². The van der Waals surface area contributed by atoms with Crippen LogP contribution < -0.4 is 10.2 Å². The van der Waals surface area contributed by atoms with Gasteiger partial charge in [0.15, 0.2) is 11.5 Å². The number of hydrogen-bond donors (Lipinski definition) is 2. The summed E-state index contributed by atoms with van der Waals surface area (Å²) in [6, 6.07) is 3.32. The Kier molecular flexibility index (Phi) is 3.86. The lowest BCUT2D eigenvalue weighted by atomic mass is 10.2. The number of aromatic hydroxyl groups is 1. The van der Waals surface area contributed by atoms with Gasteiger partial charge in [-0.3, -0.25) is 4.79 Å². The Hall–Kier alpha value is -1.56. The number of rotatable bonds is 4. The maximum absolute atomic E-state index is 11.3. The summed E-state index contributed by atoms with van der Waals surface area (Å²) in [5.74, 6) is 0.468. The number of hydrogen-bond acceptors (Lipinski definition) is 4. The third kappa shape index (κ3) is 3.01. The zero-order valence-corrected chi connectivity index (χ0v) is 11.4. The predicted molar refractivity (Wildman–Crippen MR) is 70.8 cm³/mol. The van der Waals surface area contributed by atoms with Crippen molar-refractivity contribution in [1.29, 1.82) is 0 Å².